The number of hydrogen-bond acceptors (Lipinski definition) is 6. The van der Waals surface area contributed by atoms with E-state index in [1.54, 1.807) is 48.5 Å². The summed E-state index contributed by atoms with van der Waals surface area (Å²) >= 11 is 0. The van der Waals surface area contributed by atoms with Crippen LogP contribution in [-0.2, 0) is 32.0 Å². The van der Waals surface area contributed by atoms with E-state index >= 15 is 0 Å². The summed E-state index contributed by atoms with van der Waals surface area (Å²) in [6, 6.07) is 19.6. The van der Waals surface area contributed by atoms with Crippen LogP contribution in [0.25, 0.3) is 0 Å². The lowest BCUT2D eigenvalue weighted by molar-refractivity contribution is -0.140. The zero-order chi connectivity index (χ0) is 30.6. The van der Waals surface area contributed by atoms with Gasteiger partial charge in [-0.2, -0.15) is 0 Å². The van der Waals surface area contributed by atoms with E-state index in [0.717, 1.165) is 11.1 Å². The minimum absolute atomic E-state index is 0.0603. The number of carboxylic acid groups (broad SMARTS) is 2. The standard InChI is InChI=1S/C31H34N4O7/c1-19(32-26(31(41)42)18-22-11-7-4-8-12-22)27(36)33-20(2)28(37)35-25(17-21-9-5-3-6-10-21)29(38)34-24-15-13-23(14-16-24)30(39)40/h3-16,19-20,25-26,32H,17-18H2,1-2H3,(H,33,36)(H,34,38)(H,35,37)(H,39,40)(H,41,42)/t19-,20-,25-,26-/m0/s1. The molecule has 3 amide bonds. The van der Waals surface area contributed by atoms with Crippen molar-refractivity contribution in [3.05, 3.63) is 102 Å². The number of amides is 3. The van der Waals surface area contributed by atoms with Gasteiger partial charge in [0.25, 0.3) is 0 Å². The molecule has 3 aromatic rings. The Morgan fingerprint density at radius 3 is 1.62 bits per heavy atom. The van der Waals surface area contributed by atoms with Crippen LogP contribution in [0, 0.1) is 0 Å². The predicted octanol–water partition coefficient (Wildman–Crippen LogP) is 2.23. The lowest BCUT2D eigenvalue weighted by atomic mass is 10.0. The Labute approximate surface area is 243 Å². The van der Waals surface area contributed by atoms with Crippen molar-refractivity contribution in [3.8, 4) is 0 Å². The van der Waals surface area contributed by atoms with E-state index < -0.39 is 53.8 Å². The molecule has 11 nitrogen and oxygen atoms in total. The highest BCUT2D eigenvalue weighted by Crippen LogP contribution is 2.12. The Kier molecular flexibility index (Phi) is 11.3. The van der Waals surface area contributed by atoms with Gasteiger partial charge in [0.15, 0.2) is 0 Å². The highest BCUT2D eigenvalue weighted by Gasteiger charge is 2.28. The number of hydrogen-bond donors (Lipinski definition) is 6. The Hall–Kier alpha value is -5.03. The number of carbonyl (C=O) groups excluding carboxylic acids is 3. The van der Waals surface area contributed by atoms with E-state index in [9.17, 15) is 29.1 Å². The minimum atomic E-state index is -1.11. The molecule has 11 heteroatoms. The normalized spacial score (nSPS) is 13.6. The van der Waals surface area contributed by atoms with E-state index in [2.05, 4.69) is 21.3 Å². The number of anilines is 1. The van der Waals surface area contributed by atoms with Crippen LogP contribution in [0.15, 0.2) is 84.9 Å². The maximum absolute atomic E-state index is 13.2. The van der Waals surface area contributed by atoms with E-state index in [-0.39, 0.29) is 18.4 Å². The molecule has 6 N–H and O–H groups in total. The van der Waals surface area contributed by atoms with Gasteiger partial charge in [-0.05, 0) is 55.7 Å². The summed E-state index contributed by atoms with van der Waals surface area (Å²) in [6.07, 6.45) is 0.323. The first-order valence-corrected chi connectivity index (χ1v) is 13.3. The number of aliphatic carboxylic acids is 1. The van der Waals surface area contributed by atoms with Gasteiger partial charge in [-0.15, -0.1) is 0 Å². The van der Waals surface area contributed by atoms with Crippen molar-refractivity contribution >= 4 is 35.3 Å². The molecule has 0 saturated carbocycles. The number of aromatic carboxylic acids is 1. The van der Waals surface area contributed by atoms with Crippen LogP contribution in [0.2, 0.25) is 0 Å². The Balaban J connectivity index is 1.63. The maximum Gasteiger partial charge on any atom is 0.335 e. The molecule has 0 fully saturated rings. The SMILES string of the molecule is C[C@H](NC(=O)[C@H](C)N[C@@H](Cc1ccccc1)C(=O)O)C(=O)N[C@@H](Cc1ccccc1)C(=O)Nc1ccc(C(=O)O)cc1. The van der Waals surface area contributed by atoms with Gasteiger partial charge < -0.3 is 26.2 Å². The largest absolute Gasteiger partial charge is 0.480 e. The number of carbonyl (C=O) groups is 5. The zero-order valence-corrected chi connectivity index (χ0v) is 23.2. The van der Waals surface area contributed by atoms with E-state index in [0.29, 0.717) is 5.69 Å². The summed E-state index contributed by atoms with van der Waals surface area (Å²) in [6.45, 7) is 2.96. The van der Waals surface area contributed by atoms with Gasteiger partial charge >= 0.3 is 11.9 Å². The molecule has 0 spiro atoms. The topological polar surface area (TPSA) is 174 Å². The summed E-state index contributed by atoms with van der Waals surface area (Å²) in [5, 5.41) is 29.4. The Morgan fingerprint density at radius 2 is 1.12 bits per heavy atom. The van der Waals surface area contributed by atoms with Crippen LogP contribution in [0.1, 0.15) is 35.3 Å². The van der Waals surface area contributed by atoms with Crippen molar-refractivity contribution < 1.29 is 34.2 Å². The van der Waals surface area contributed by atoms with Gasteiger partial charge in [-0.1, -0.05) is 60.7 Å². The fraction of sp³-hybridized carbons (Fsp3) is 0.258. The molecule has 0 saturated heterocycles. The van der Waals surface area contributed by atoms with E-state index in [1.165, 1.54) is 38.1 Å². The average Bonchev–Trinajstić information content (AvgIpc) is 2.97. The molecule has 0 aliphatic rings. The van der Waals surface area contributed by atoms with E-state index in [4.69, 9.17) is 5.11 Å². The first-order chi connectivity index (χ1) is 20.0. The van der Waals surface area contributed by atoms with Gasteiger partial charge in [0, 0.05) is 12.1 Å². The van der Waals surface area contributed by atoms with Crippen LogP contribution in [-0.4, -0.2) is 64.0 Å². The first kappa shape index (κ1) is 31.5. The molecule has 0 aliphatic heterocycles. The second-order valence-electron chi connectivity index (χ2n) is 9.82. The summed E-state index contributed by atoms with van der Waals surface area (Å²) in [5.74, 6) is -3.95. The predicted molar refractivity (Wildman–Crippen MR) is 156 cm³/mol. The first-order valence-electron chi connectivity index (χ1n) is 13.3. The molecular formula is C31H34N4O7. The maximum atomic E-state index is 13.2. The molecule has 3 rings (SSSR count). The number of rotatable bonds is 14. The van der Waals surface area contributed by atoms with Crippen molar-refractivity contribution in [1.82, 2.24) is 16.0 Å². The quantitative estimate of drug-likeness (QED) is 0.170. The van der Waals surface area contributed by atoms with Crippen LogP contribution in [0.4, 0.5) is 5.69 Å². The van der Waals surface area contributed by atoms with Crippen molar-refractivity contribution in [2.75, 3.05) is 5.32 Å². The molecule has 4 atom stereocenters. The van der Waals surface area contributed by atoms with Gasteiger partial charge in [0.2, 0.25) is 17.7 Å². The lowest BCUT2D eigenvalue weighted by Gasteiger charge is -2.24. The number of nitrogens with one attached hydrogen (secondary N) is 4. The summed E-state index contributed by atoms with van der Waals surface area (Å²) in [4.78, 5) is 62.0. The molecule has 0 unspecified atom stereocenters. The third kappa shape index (κ3) is 9.56. The van der Waals surface area contributed by atoms with Gasteiger partial charge in [0.1, 0.15) is 18.1 Å². The molecular weight excluding hydrogens is 540 g/mol. The molecule has 0 bridgehead atoms. The Bertz CT molecular complexity index is 1380. The molecule has 0 aromatic heterocycles. The molecule has 0 radical (unpaired) electrons. The monoisotopic (exact) mass is 574 g/mol. The number of carboxylic acids is 2. The minimum Gasteiger partial charge on any atom is -0.480 e. The van der Waals surface area contributed by atoms with Crippen LogP contribution >= 0.6 is 0 Å². The summed E-state index contributed by atoms with van der Waals surface area (Å²) < 4.78 is 0. The van der Waals surface area contributed by atoms with Crippen molar-refractivity contribution in [1.29, 1.82) is 0 Å². The third-order valence-corrected chi connectivity index (χ3v) is 6.49. The highest BCUT2D eigenvalue weighted by molar-refractivity contribution is 5.99. The van der Waals surface area contributed by atoms with Crippen LogP contribution < -0.4 is 21.3 Å². The fourth-order valence-corrected chi connectivity index (χ4v) is 4.13. The number of benzene rings is 3. The smallest absolute Gasteiger partial charge is 0.335 e. The molecule has 3 aromatic carbocycles. The van der Waals surface area contributed by atoms with Crippen LogP contribution in [0.3, 0.4) is 0 Å². The van der Waals surface area contributed by atoms with Gasteiger partial charge in [0.05, 0.1) is 11.6 Å². The highest BCUT2D eigenvalue weighted by atomic mass is 16.4. The van der Waals surface area contributed by atoms with Crippen molar-refractivity contribution in [2.24, 2.45) is 0 Å². The van der Waals surface area contributed by atoms with E-state index in [1.807, 2.05) is 12.1 Å². The Morgan fingerprint density at radius 1 is 0.619 bits per heavy atom. The second kappa shape index (κ2) is 15.1. The van der Waals surface area contributed by atoms with Crippen molar-refractivity contribution in [3.63, 3.8) is 0 Å². The molecule has 220 valence electrons. The average molecular weight is 575 g/mol. The van der Waals surface area contributed by atoms with Crippen molar-refractivity contribution in [2.45, 2.75) is 50.9 Å². The van der Waals surface area contributed by atoms with Crippen LogP contribution in [0.5, 0.6) is 0 Å². The molecule has 0 aliphatic carbocycles. The van der Waals surface area contributed by atoms with Gasteiger partial charge in [-0.25, -0.2) is 4.79 Å². The third-order valence-electron chi connectivity index (χ3n) is 6.49. The summed E-state index contributed by atoms with van der Waals surface area (Å²) in [5.41, 5.74) is 1.98. The lowest BCUT2D eigenvalue weighted by Crippen LogP contribution is -2.56. The summed E-state index contributed by atoms with van der Waals surface area (Å²) in [7, 11) is 0. The second-order valence-corrected chi connectivity index (χ2v) is 9.82. The molecule has 42 heavy (non-hydrogen) atoms. The fourth-order valence-electron chi connectivity index (χ4n) is 4.13. The zero-order valence-electron chi connectivity index (χ0n) is 23.2. The van der Waals surface area contributed by atoms with Gasteiger partial charge in [-0.3, -0.25) is 24.5 Å². The molecule has 0 heterocycles.